The molecule has 7 nitrogen and oxygen atoms in total. The maximum atomic E-state index is 13.0. The summed E-state index contributed by atoms with van der Waals surface area (Å²) in [6.45, 7) is 1.71. The molecule has 0 aromatic heterocycles. The van der Waals surface area contributed by atoms with Crippen molar-refractivity contribution in [1.82, 2.24) is 0 Å². The number of carbonyl (C=O) groups excluding carboxylic acids is 1. The van der Waals surface area contributed by atoms with E-state index in [1.54, 1.807) is 25.1 Å². The maximum absolute atomic E-state index is 13.0. The van der Waals surface area contributed by atoms with Gasteiger partial charge in [0.2, 0.25) is 5.88 Å². The number of carbonyl (C=O) groups is 1. The highest BCUT2D eigenvalue weighted by Gasteiger charge is 2.36. The largest absolute Gasteiger partial charge is 0.493 e. The van der Waals surface area contributed by atoms with Crippen molar-refractivity contribution in [2.75, 3.05) is 14.2 Å². The highest BCUT2D eigenvalue weighted by Crippen LogP contribution is 2.42. The Morgan fingerprint density at radius 2 is 1.83 bits per heavy atom. The van der Waals surface area contributed by atoms with Crippen LogP contribution in [0, 0.1) is 11.3 Å². The first-order valence-corrected chi connectivity index (χ1v) is 9.21. The lowest BCUT2D eigenvalue weighted by molar-refractivity contribution is -0.140. The molecule has 7 heteroatoms. The standard InChI is InChI=1S/C23H22N2O5/c1-14-20(23(26)29-13-15-7-5-4-6-8-15)21(17(12-24)22(25)30-14)16-9-10-18(27-2)19(11-16)28-3/h4-11,21H,13,25H2,1-3H3. The molecule has 1 unspecified atom stereocenters. The average Bonchev–Trinajstić information content (AvgIpc) is 2.77. The number of benzene rings is 2. The van der Waals surface area contributed by atoms with Gasteiger partial charge in [-0.2, -0.15) is 5.26 Å². The van der Waals surface area contributed by atoms with E-state index in [0.717, 1.165) is 5.56 Å². The van der Waals surface area contributed by atoms with E-state index in [1.165, 1.54) is 14.2 Å². The fourth-order valence-electron chi connectivity index (χ4n) is 3.31. The third-order valence-electron chi connectivity index (χ3n) is 4.78. The minimum Gasteiger partial charge on any atom is -0.493 e. The number of nitrogens with zero attached hydrogens (tertiary/aromatic N) is 1. The van der Waals surface area contributed by atoms with E-state index in [0.29, 0.717) is 17.1 Å². The van der Waals surface area contributed by atoms with Crippen LogP contribution in [0.1, 0.15) is 24.0 Å². The van der Waals surface area contributed by atoms with Crippen molar-refractivity contribution in [3.63, 3.8) is 0 Å². The summed E-state index contributed by atoms with van der Waals surface area (Å²) in [5.74, 6) is -0.119. The van der Waals surface area contributed by atoms with E-state index in [9.17, 15) is 10.1 Å². The van der Waals surface area contributed by atoms with Crippen LogP contribution in [0.25, 0.3) is 0 Å². The van der Waals surface area contributed by atoms with Gasteiger partial charge in [-0.15, -0.1) is 0 Å². The first kappa shape index (κ1) is 20.8. The van der Waals surface area contributed by atoms with Crippen LogP contribution in [0.4, 0.5) is 0 Å². The zero-order valence-electron chi connectivity index (χ0n) is 17.0. The third-order valence-corrected chi connectivity index (χ3v) is 4.78. The second-order valence-corrected chi connectivity index (χ2v) is 6.57. The average molecular weight is 406 g/mol. The lowest BCUT2D eigenvalue weighted by Crippen LogP contribution is -2.25. The highest BCUT2D eigenvalue weighted by molar-refractivity contribution is 5.92. The number of esters is 1. The summed E-state index contributed by atoms with van der Waals surface area (Å²) in [5, 5.41) is 9.72. The molecule has 1 heterocycles. The number of methoxy groups -OCH3 is 2. The third kappa shape index (κ3) is 4.08. The number of nitriles is 1. The lowest BCUT2D eigenvalue weighted by atomic mass is 9.83. The topological polar surface area (TPSA) is 104 Å². The van der Waals surface area contributed by atoms with E-state index in [4.69, 9.17) is 24.7 Å². The molecule has 0 amide bonds. The molecule has 0 bridgehead atoms. The Morgan fingerprint density at radius 3 is 2.47 bits per heavy atom. The summed E-state index contributed by atoms with van der Waals surface area (Å²) in [6, 6.07) is 16.5. The minimum absolute atomic E-state index is 0.0469. The summed E-state index contributed by atoms with van der Waals surface area (Å²) >= 11 is 0. The molecule has 2 aromatic carbocycles. The van der Waals surface area contributed by atoms with Gasteiger partial charge in [-0.25, -0.2) is 4.79 Å². The number of allylic oxidation sites excluding steroid dienone is 2. The molecule has 1 aliphatic rings. The molecule has 30 heavy (non-hydrogen) atoms. The first-order valence-electron chi connectivity index (χ1n) is 9.21. The predicted molar refractivity (Wildman–Crippen MR) is 109 cm³/mol. The van der Waals surface area contributed by atoms with Crippen molar-refractivity contribution in [3.05, 3.63) is 82.4 Å². The van der Waals surface area contributed by atoms with Crippen LogP contribution < -0.4 is 15.2 Å². The molecule has 0 fully saturated rings. The minimum atomic E-state index is -0.758. The smallest absolute Gasteiger partial charge is 0.338 e. The van der Waals surface area contributed by atoms with Gasteiger partial charge in [-0.3, -0.25) is 0 Å². The molecule has 0 spiro atoms. The quantitative estimate of drug-likeness (QED) is 0.732. The predicted octanol–water partition coefficient (Wildman–Crippen LogP) is 3.53. The van der Waals surface area contributed by atoms with Crippen molar-refractivity contribution in [2.24, 2.45) is 5.73 Å². The molecule has 154 valence electrons. The number of nitrogens with two attached hydrogens (primary N) is 1. The van der Waals surface area contributed by atoms with Crippen LogP contribution in [-0.2, 0) is 20.9 Å². The molecule has 2 aromatic rings. The van der Waals surface area contributed by atoms with Gasteiger partial charge in [0.05, 0.1) is 25.7 Å². The number of hydrogen-bond donors (Lipinski definition) is 1. The van der Waals surface area contributed by atoms with Crippen LogP contribution in [0.2, 0.25) is 0 Å². The summed E-state index contributed by atoms with van der Waals surface area (Å²) in [5.41, 5.74) is 7.76. The van der Waals surface area contributed by atoms with E-state index < -0.39 is 11.9 Å². The Balaban J connectivity index is 2.00. The van der Waals surface area contributed by atoms with Crippen molar-refractivity contribution >= 4 is 5.97 Å². The Morgan fingerprint density at radius 1 is 1.13 bits per heavy atom. The van der Waals surface area contributed by atoms with Gasteiger partial charge in [0.15, 0.2) is 11.5 Å². The first-order chi connectivity index (χ1) is 14.5. The van der Waals surface area contributed by atoms with Crippen molar-refractivity contribution in [1.29, 1.82) is 5.26 Å². The maximum Gasteiger partial charge on any atom is 0.338 e. The Bertz CT molecular complexity index is 1050. The van der Waals surface area contributed by atoms with E-state index >= 15 is 0 Å². The fraction of sp³-hybridized carbons (Fsp3) is 0.217. The van der Waals surface area contributed by atoms with Gasteiger partial charge >= 0.3 is 5.97 Å². The Kier molecular flexibility index (Phi) is 6.28. The fourth-order valence-corrected chi connectivity index (χ4v) is 3.31. The van der Waals surface area contributed by atoms with Crippen LogP contribution in [0.15, 0.2) is 71.3 Å². The zero-order chi connectivity index (χ0) is 21.7. The number of hydrogen-bond acceptors (Lipinski definition) is 7. The molecule has 1 aliphatic heterocycles. The summed E-state index contributed by atoms with van der Waals surface area (Å²) < 4.78 is 21.7. The molecule has 3 rings (SSSR count). The van der Waals surface area contributed by atoms with E-state index in [2.05, 4.69) is 6.07 Å². The summed E-state index contributed by atoms with van der Waals surface area (Å²) in [7, 11) is 3.04. The van der Waals surface area contributed by atoms with Gasteiger partial charge in [0.25, 0.3) is 0 Å². The Hall–Kier alpha value is -3.92. The molecule has 0 aliphatic carbocycles. The molecular formula is C23H22N2O5. The van der Waals surface area contributed by atoms with E-state index in [1.807, 2.05) is 30.3 Å². The van der Waals surface area contributed by atoms with Gasteiger partial charge in [-0.1, -0.05) is 36.4 Å². The van der Waals surface area contributed by atoms with Crippen LogP contribution in [0.3, 0.4) is 0 Å². The van der Waals surface area contributed by atoms with Gasteiger partial charge in [-0.05, 0) is 30.2 Å². The van der Waals surface area contributed by atoms with Crippen molar-refractivity contribution < 1.29 is 23.7 Å². The van der Waals surface area contributed by atoms with Crippen LogP contribution in [-0.4, -0.2) is 20.2 Å². The number of ether oxygens (including phenoxy) is 4. The van der Waals surface area contributed by atoms with Crippen molar-refractivity contribution in [3.8, 4) is 17.6 Å². The number of rotatable bonds is 6. The normalized spacial score (nSPS) is 15.9. The van der Waals surface area contributed by atoms with Crippen LogP contribution in [0.5, 0.6) is 11.5 Å². The second-order valence-electron chi connectivity index (χ2n) is 6.57. The summed E-state index contributed by atoms with van der Waals surface area (Å²) in [6.07, 6.45) is 0. The summed E-state index contributed by atoms with van der Waals surface area (Å²) in [4.78, 5) is 13.0. The monoisotopic (exact) mass is 406 g/mol. The van der Waals surface area contributed by atoms with Gasteiger partial charge < -0.3 is 24.7 Å². The molecule has 2 N–H and O–H groups in total. The highest BCUT2D eigenvalue weighted by atomic mass is 16.5. The molecule has 0 saturated carbocycles. The lowest BCUT2D eigenvalue weighted by Gasteiger charge is -2.27. The zero-order valence-corrected chi connectivity index (χ0v) is 17.0. The van der Waals surface area contributed by atoms with Crippen LogP contribution >= 0.6 is 0 Å². The molecule has 0 saturated heterocycles. The second kappa shape index (κ2) is 9.05. The van der Waals surface area contributed by atoms with Gasteiger partial charge in [0.1, 0.15) is 24.0 Å². The van der Waals surface area contributed by atoms with Gasteiger partial charge in [0, 0.05) is 0 Å². The molecule has 0 radical (unpaired) electrons. The van der Waals surface area contributed by atoms with Crippen molar-refractivity contribution in [2.45, 2.75) is 19.4 Å². The molecule has 1 atom stereocenters. The SMILES string of the molecule is COc1ccc(C2C(C#N)=C(N)OC(C)=C2C(=O)OCc2ccccc2)cc1OC. The molecular weight excluding hydrogens is 384 g/mol. The Labute approximate surface area is 174 Å². The van der Waals surface area contributed by atoms with E-state index in [-0.39, 0.29) is 29.4 Å².